The molecule has 0 unspecified atom stereocenters. The van der Waals surface area contributed by atoms with E-state index < -0.39 is 11.2 Å². The quantitative estimate of drug-likeness (QED) is 0.502. The van der Waals surface area contributed by atoms with Gasteiger partial charge < -0.3 is 9.84 Å². The zero-order valence-electron chi connectivity index (χ0n) is 16.9. The zero-order chi connectivity index (χ0) is 20.2. The van der Waals surface area contributed by atoms with Crippen LogP contribution in [0, 0.1) is 13.8 Å². The second kappa shape index (κ2) is 6.28. The van der Waals surface area contributed by atoms with E-state index in [1.54, 1.807) is 7.11 Å². The summed E-state index contributed by atoms with van der Waals surface area (Å²) < 4.78 is 6.35. The van der Waals surface area contributed by atoms with Crippen LogP contribution in [0.4, 0.5) is 0 Å². The Labute approximate surface area is 171 Å². The van der Waals surface area contributed by atoms with Crippen molar-refractivity contribution in [1.82, 2.24) is 0 Å². The van der Waals surface area contributed by atoms with Crippen LogP contribution in [0.5, 0.6) is 0 Å². The molecule has 1 N–H and O–H groups in total. The van der Waals surface area contributed by atoms with Crippen molar-refractivity contribution in [1.29, 1.82) is 0 Å². The van der Waals surface area contributed by atoms with E-state index >= 15 is 0 Å². The summed E-state index contributed by atoms with van der Waals surface area (Å²) in [7, 11) is 1.70. The number of ether oxygens (including phenoxy) is 1. The molecule has 0 heterocycles. The van der Waals surface area contributed by atoms with Crippen LogP contribution in [-0.4, -0.2) is 12.2 Å². The van der Waals surface area contributed by atoms with Crippen molar-refractivity contribution in [3.63, 3.8) is 0 Å². The van der Waals surface area contributed by atoms with E-state index in [0.717, 1.165) is 38.6 Å². The molecule has 0 bridgehead atoms. The van der Waals surface area contributed by atoms with Crippen molar-refractivity contribution < 1.29 is 9.84 Å². The average Bonchev–Trinajstić information content (AvgIpc) is 2.97. The zero-order valence-corrected chi connectivity index (χ0v) is 16.9. The van der Waals surface area contributed by atoms with Crippen LogP contribution in [0.25, 0.3) is 10.8 Å². The molecule has 2 heteroatoms. The van der Waals surface area contributed by atoms with Gasteiger partial charge in [-0.05, 0) is 41.3 Å². The molecule has 0 radical (unpaired) electrons. The Morgan fingerprint density at radius 1 is 0.655 bits per heavy atom. The molecular formula is C27H24O2. The third kappa shape index (κ3) is 2.24. The Hall–Kier alpha value is -2.94. The van der Waals surface area contributed by atoms with Crippen molar-refractivity contribution in [3.8, 4) is 0 Å². The first-order valence-corrected chi connectivity index (χ1v) is 9.97. The van der Waals surface area contributed by atoms with E-state index in [0.29, 0.717) is 0 Å². The van der Waals surface area contributed by atoms with Crippen LogP contribution in [0.15, 0.2) is 84.9 Å². The molecule has 4 aromatic rings. The van der Waals surface area contributed by atoms with Crippen molar-refractivity contribution in [2.75, 3.05) is 7.11 Å². The third-order valence-electron chi connectivity index (χ3n) is 6.42. The van der Waals surface area contributed by atoms with E-state index in [2.05, 4.69) is 56.3 Å². The van der Waals surface area contributed by atoms with Gasteiger partial charge in [-0.3, -0.25) is 0 Å². The minimum Gasteiger partial charge on any atom is -0.377 e. The summed E-state index contributed by atoms with van der Waals surface area (Å²) in [5.41, 5.74) is 3.59. The van der Waals surface area contributed by atoms with E-state index in [9.17, 15) is 5.11 Å². The first-order valence-electron chi connectivity index (χ1n) is 9.97. The summed E-state index contributed by atoms with van der Waals surface area (Å²) in [6, 6.07) is 28.8. The molecule has 0 amide bonds. The number of methoxy groups -OCH3 is 1. The first-order chi connectivity index (χ1) is 14.0. The predicted molar refractivity (Wildman–Crippen MR) is 117 cm³/mol. The highest BCUT2D eigenvalue weighted by Gasteiger charge is 2.61. The molecule has 2 atom stereocenters. The monoisotopic (exact) mass is 380 g/mol. The fourth-order valence-corrected chi connectivity index (χ4v) is 5.00. The number of rotatable bonds is 3. The lowest BCUT2D eigenvalue weighted by Gasteiger charge is -2.43. The molecule has 0 spiro atoms. The molecule has 0 saturated heterocycles. The smallest absolute Gasteiger partial charge is 0.155 e. The number of aryl methyl sites for hydroxylation is 2. The molecule has 2 nitrogen and oxygen atoms in total. The Morgan fingerprint density at radius 2 is 1.17 bits per heavy atom. The lowest BCUT2D eigenvalue weighted by Crippen LogP contribution is -2.49. The molecule has 0 fully saturated rings. The van der Waals surface area contributed by atoms with Gasteiger partial charge in [-0.1, -0.05) is 96.1 Å². The van der Waals surface area contributed by atoms with Gasteiger partial charge in [0, 0.05) is 12.7 Å². The van der Waals surface area contributed by atoms with Crippen molar-refractivity contribution in [3.05, 3.63) is 118 Å². The van der Waals surface area contributed by atoms with Gasteiger partial charge in [-0.25, -0.2) is 0 Å². The Morgan fingerprint density at radius 3 is 1.72 bits per heavy atom. The van der Waals surface area contributed by atoms with E-state index in [1.165, 1.54) is 5.56 Å². The number of benzene rings is 4. The summed E-state index contributed by atoms with van der Waals surface area (Å²) in [6.45, 7) is 4.13. The maximum Gasteiger partial charge on any atom is 0.155 e. The Balaban J connectivity index is 1.94. The summed E-state index contributed by atoms with van der Waals surface area (Å²) in [6.07, 6.45) is 0. The van der Waals surface area contributed by atoms with Crippen LogP contribution in [0.1, 0.15) is 33.4 Å². The molecule has 0 saturated carbocycles. The second-order valence-electron chi connectivity index (χ2n) is 8.04. The largest absolute Gasteiger partial charge is 0.377 e. The molecule has 29 heavy (non-hydrogen) atoms. The Bertz CT molecular complexity index is 1200. The maximum atomic E-state index is 12.6. The molecule has 0 aliphatic heterocycles. The van der Waals surface area contributed by atoms with E-state index in [1.807, 2.05) is 42.5 Å². The van der Waals surface area contributed by atoms with Gasteiger partial charge in [0.2, 0.25) is 0 Å². The van der Waals surface area contributed by atoms with Gasteiger partial charge >= 0.3 is 0 Å². The van der Waals surface area contributed by atoms with Gasteiger partial charge in [0.25, 0.3) is 0 Å². The maximum absolute atomic E-state index is 12.6. The summed E-state index contributed by atoms with van der Waals surface area (Å²) in [5.74, 6) is 0. The molecule has 144 valence electrons. The second-order valence-corrected chi connectivity index (χ2v) is 8.04. The SMILES string of the molecule is CO[C@]1(c2ccc(C)cc2)c2cccc3cccc(c23)[C@@]1(O)c1ccc(C)cc1. The predicted octanol–water partition coefficient (Wildman–Crippen LogP) is 5.60. The fraction of sp³-hybridized carbons (Fsp3) is 0.185. The topological polar surface area (TPSA) is 29.5 Å². The molecule has 4 aromatic carbocycles. The third-order valence-corrected chi connectivity index (χ3v) is 6.42. The highest BCUT2D eigenvalue weighted by atomic mass is 16.5. The number of hydrogen-bond donors (Lipinski definition) is 1. The molecule has 1 aliphatic rings. The van der Waals surface area contributed by atoms with Gasteiger partial charge in [0.15, 0.2) is 11.2 Å². The van der Waals surface area contributed by atoms with Gasteiger partial charge in [0.05, 0.1) is 0 Å². The summed E-state index contributed by atoms with van der Waals surface area (Å²) >= 11 is 0. The van der Waals surface area contributed by atoms with Gasteiger partial charge in [-0.15, -0.1) is 0 Å². The lowest BCUT2D eigenvalue weighted by atomic mass is 9.71. The summed E-state index contributed by atoms with van der Waals surface area (Å²) in [5, 5.41) is 14.8. The fourth-order valence-electron chi connectivity index (χ4n) is 5.00. The first kappa shape index (κ1) is 18.1. The summed E-state index contributed by atoms with van der Waals surface area (Å²) in [4.78, 5) is 0. The minimum absolute atomic E-state index is 0.828. The van der Waals surface area contributed by atoms with E-state index in [4.69, 9.17) is 4.74 Å². The average molecular weight is 380 g/mol. The Kier molecular flexibility index (Phi) is 3.92. The van der Waals surface area contributed by atoms with Crippen LogP contribution >= 0.6 is 0 Å². The highest BCUT2D eigenvalue weighted by molar-refractivity contribution is 5.95. The van der Waals surface area contributed by atoms with Crippen molar-refractivity contribution in [2.45, 2.75) is 25.0 Å². The van der Waals surface area contributed by atoms with E-state index in [-0.39, 0.29) is 0 Å². The lowest BCUT2D eigenvalue weighted by molar-refractivity contribution is -0.127. The molecule has 0 aromatic heterocycles. The van der Waals surface area contributed by atoms with Crippen molar-refractivity contribution >= 4 is 10.8 Å². The van der Waals surface area contributed by atoms with Crippen LogP contribution in [-0.2, 0) is 15.9 Å². The van der Waals surface area contributed by atoms with Crippen molar-refractivity contribution in [2.24, 2.45) is 0 Å². The normalized spacial score (nSPS) is 22.9. The molecular weight excluding hydrogens is 356 g/mol. The van der Waals surface area contributed by atoms with Gasteiger partial charge in [0.1, 0.15) is 0 Å². The molecule has 1 aliphatic carbocycles. The van der Waals surface area contributed by atoms with Crippen LogP contribution < -0.4 is 0 Å². The highest BCUT2D eigenvalue weighted by Crippen LogP contribution is 2.59. The van der Waals surface area contributed by atoms with Crippen LogP contribution in [0.3, 0.4) is 0 Å². The molecule has 5 rings (SSSR count). The minimum atomic E-state index is -1.35. The number of aliphatic hydroxyl groups is 1. The number of hydrogen-bond acceptors (Lipinski definition) is 2. The standard InChI is InChI=1S/C27H24O2/c1-18-10-14-21(15-11-18)26(28)23-8-4-6-20-7-5-9-24(25(20)23)27(26,29-3)22-16-12-19(2)13-17-22/h4-17,28H,1-3H3/t26-,27+/m0/s1. The van der Waals surface area contributed by atoms with Crippen LogP contribution in [0.2, 0.25) is 0 Å². The van der Waals surface area contributed by atoms with Gasteiger partial charge in [-0.2, -0.15) is 0 Å².